The van der Waals surface area contributed by atoms with E-state index >= 15 is 0 Å². The van der Waals surface area contributed by atoms with Gasteiger partial charge in [0, 0.05) is 43.0 Å². The molecule has 0 unspecified atom stereocenters. The van der Waals surface area contributed by atoms with E-state index < -0.39 is 0 Å². The number of hydrogen-bond acceptors (Lipinski definition) is 4. The molecule has 0 spiro atoms. The average Bonchev–Trinajstić information content (AvgIpc) is 2.95. The number of hydrogen-bond donors (Lipinski definition) is 0. The topological polar surface area (TPSA) is 46.8 Å². The first-order chi connectivity index (χ1) is 10.3. The van der Waals surface area contributed by atoms with Crippen LogP contribution in [0.1, 0.15) is 0 Å². The third-order valence-corrected chi connectivity index (χ3v) is 4.04. The van der Waals surface area contributed by atoms with Gasteiger partial charge in [-0.2, -0.15) is 0 Å². The van der Waals surface area contributed by atoms with Crippen LogP contribution in [0.4, 0.5) is 5.82 Å². The smallest absolute Gasteiger partial charge is 0.147 e. The van der Waals surface area contributed by atoms with Gasteiger partial charge >= 0.3 is 0 Å². The second-order valence-corrected chi connectivity index (χ2v) is 5.83. The molecule has 3 aromatic rings. The molecule has 1 fully saturated rings. The highest BCUT2D eigenvalue weighted by Gasteiger charge is 2.28. The van der Waals surface area contributed by atoms with Crippen molar-refractivity contribution < 1.29 is 0 Å². The summed E-state index contributed by atoms with van der Waals surface area (Å²) in [6.07, 6.45) is 7.51. The highest BCUT2D eigenvalue weighted by Crippen LogP contribution is 2.25. The van der Waals surface area contributed by atoms with E-state index in [4.69, 9.17) is 11.6 Å². The molecule has 0 aliphatic carbocycles. The van der Waals surface area contributed by atoms with Gasteiger partial charge in [0.15, 0.2) is 0 Å². The Morgan fingerprint density at radius 3 is 2.95 bits per heavy atom. The average molecular weight is 300 g/mol. The van der Waals surface area contributed by atoms with Crippen LogP contribution in [0.25, 0.3) is 11.0 Å². The molecule has 1 aliphatic heterocycles. The van der Waals surface area contributed by atoms with Crippen molar-refractivity contribution in [3.05, 3.63) is 48.1 Å². The zero-order valence-electron chi connectivity index (χ0n) is 11.4. The summed E-state index contributed by atoms with van der Waals surface area (Å²) in [5, 5.41) is 0.689. The van der Waals surface area contributed by atoms with Crippen molar-refractivity contribution in [1.82, 2.24) is 19.5 Å². The first-order valence-electron chi connectivity index (χ1n) is 6.91. The molecule has 1 aliphatic rings. The molecule has 3 heterocycles. The first kappa shape index (κ1) is 12.6. The molecule has 2 aromatic heterocycles. The van der Waals surface area contributed by atoms with Crippen LogP contribution < -0.4 is 4.90 Å². The van der Waals surface area contributed by atoms with Gasteiger partial charge in [-0.25, -0.2) is 9.97 Å². The molecule has 0 saturated carbocycles. The molecular formula is C15H14ClN5. The van der Waals surface area contributed by atoms with Crippen LogP contribution in [0.5, 0.6) is 0 Å². The van der Waals surface area contributed by atoms with Crippen molar-refractivity contribution in [2.24, 2.45) is 5.92 Å². The minimum Gasteiger partial charge on any atom is -0.354 e. The van der Waals surface area contributed by atoms with E-state index in [1.54, 1.807) is 0 Å². The van der Waals surface area contributed by atoms with Gasteiger partial charge in [0.1, 0.15) is 5.82 Å². The molecular weight excluding hydrogens is 286 g/mol. The Kier molecular flexibility index (Phi) is 3.00. The molecule has 6 heteroatoms. The largest absolute Gasteiger partial charge is 0.354 e. The van der Waals surface area contributed by atoms with Crippen molar-refractivity contribution in [2.45, 2.75) is 6.54 Å². The quantitative estimate of drug-likeness (QED) is 0.746. The lowest BCUT2D eigenvalue weighted by molar-refractivity contribution is 0.355. The van der Waals surface area contributed by atoms with Crippen molar-refractivity contribution in [1.29, 1.82) is 0 Å². The Balaban J connectivity index is 1.47. The fraction of sp³-hybridized carbons (Fsp3) is 0.267. The lowest BCUT2D eigenvalue weighted by Crippen LogP contribution is -2.48. The van der Waals surface area contributed by atoms with Gasteiger partial charge in [0.2, 0.25) is 0 Å². The van der Waals surface area contributed by atoms with Crippen LogP contribution in [-0.4, -0.2) is 32.6 Å². The van der Waals surface area contributed by atoms with E-state index in [0.29, 0.717) is 10.9 Å². The highest BCUT2D eigenvalue weighted by atomic mass is 35.5. The Labute approximate surface area is 127 Å². The predicted molar refractivity (Wildman–Crippen MR) is 82.5 cm³/mol. The van der Waals surface area contributed by atoms with Crippen molar-refractivity contribution >= 4 is 28.5 Å². The molecule has 0 amide bonds. The SMILES string of the molecule is Clc1ccc2nc(N3CC(Cn4ccnc4)C3)cnc2c1. The minimum atomic E-state index is 0.641. The Hall–Kier alpha value is -2.14. The highest BCUT2D eigenvalue weighted by molar-refractivity contribution is 6.31. The van der Waals surface area contributed by atoms with E-state index in [-0.39, 0.29) is 0 Å². The molecule has 0 bridgehead atoms. The second kappa shape index (κ2) is 5.00. The summed E-state index contributed by atoms with van der Waals surface area (Å²) >= 11 is 5.96. The number of rotatable bonds is 3. The monoisotopic (exact) mass is 299 g/mol. The van der Waals surface area contributed by atoms with E-state index in [0.717, 1.165) is 36.5 Å². The first-order valence-corrected chi connectivity index (χ1v) is 7.29. The van der Waals surface area contributed by atoms with Crippen molar-refractivity contribution in [2.75, 3.05) is 18.0 Å². The predicted octanol–water partition coefficient (Wildman–Crippen LogP) is 2.62. The number of benzene rings is 1. The van der Waals surface area contributed by atoms with Crippen LogP contribution in [0, 0.1) is 5.92 Å². The number of nitrogens with zero attached hydrogens (tertiary/aromatic N) is 5. The molecule has 0 atom stereocenters. The molecule has 5 nitrogen and oxygen atoms in total. The van der Waals surface area contributed by atoms with Gasteiger partial charge < -0.3 is 9.47 Å². The van der Waals surface area contributed by atoms with Crippen molar-refractivity contribution in [3.63, 3.8) is 0 Å². The lowest BCUT2D eigenvalue weighted by atomic mass is 10.0. The molecule has 1 saturated heterocycles. The van der Waals surface area contributed by atoms with Crippen LogP contribution in [0.2, 0.25) is 5.02 Å². The molecule has 106 valence electrons. The number of aromatic nitrogens is 4. The van der Waals surface area contributed by atoms with Crippen LogP contribution in [-0.2, 0) is 6.54 Å². The maximum absolute atomic E-state index is 5.96. The standard InChI is InChI=1S/C15H14ClN5/c16-12-1-2-13-14(5-12)18-6-15(19-13)21-8-11(9-21)7-20-4-3-17-10-20/h1-6,10-11H,7-9H2. The van der Waals surface area contributed by atoms with E-state index in [2.05, 4.69) is 24.4 Å². The van der Waals surface area contributed by atoms with Crippen LogP contribution in [0.15, 0.2) is 43.1 Å². The maximum Gasteiger partial charge on any atom is 0.147 e. The fourth-order valence-corrected chi connectivity index (χ4v) is 2.86. The zero-order chi connectivity index (χ0) is 14.2. The van der Waals surface area contributed by atoms with Gasteiger partial charge in [-0.3, -0.25) is 4.98 Å². The maximum atomic E-state index is 5.96. The van der Waals surface area contributed by atoms with Crippen LogP contribution in [0.3, 0.4) is 0 Å². The molecule has 21 heavy (non-hydrogen) atoms. The molecule has 0 radical (unpaired) electrons. The van der Waals surface area contributed by atoms with Gasteiger partial charge in [-0.05, 0) is 18.2 Å². The third-order valence-electron chi connectivity index (χ3n) is 3.80. The summed E-state index contributed by atoms with van der Waals surface area (Å²) in [6, 6.07) is 5.60. The second-order valence-electron chi connectivity index (χ2n) is 5.39. The van der Waals surface area contributed by atoms with Gasteiger partial charge in [-0.15, -0.1) is 0 Å². The van der Waals surface area contributed by atoms with Gasteiger partial charge in [-0.1, -0.05) is 11.6 Å². The third kappa shape index (κ3) is 2.45. The summed E-state index contributed by atoms with van der Waals surface area (Å²) in [4.78, 5) is 15.4. The summed E-state index contributed by atoms with van der Waals surface area (Å²) in [5.74, 6) is 1.58. The normalized spacial score (nSPS) is 15.4. The molecule has 4 rings (SSSR count). The Morgan fingerprint density at radius 1 is 1.24 bits per heavy atom. The number of imidazole rings is 1. The lowest BCUT2D eigenvalue weighted by Gasteiger charge is -2.40. The van der Waals surface area contributed by atoms with Gasteiger partial charge in [0.05, 0.1) is 23.6 Å². The van der Waals surface area contributed by atoms with E-state index in [1.165, 1.54) is 0 Å². The zero-order valence-corrected chi connectivity index (χ0v) is 12.1. The van der Waals surface area contributed by atoms with Crippen LogP contribution >= 0.6 is 11.6 Å². The Morgan fingerprint density at radius 2 is 2.14 bits per heavy atom. The summed E-state index contributed by atoms with van der Waals surface area (Å²) in [6.45, 7) is 3.02. The number of fused-ring (bicyclic) bond motifs is 1. The number of anilines is 1. The van der Waals surface area contributed by atoms with Crippen molar-refractivity contribution in [3.8, 4) is 0 Å². The van der Waals surface area contributed by atoms with E-state index in [9.17, 15) is 0 Å². The fourth-order valence-electron chi connectivity index (χ4n) is 2.69. The molecule has 1 aromatic carbocycles. The minimum absolute atomic E-state index is 0.641. The van der Waals surface area contributed by atoms with E-state index in [1.807, 2.05) is 43.1 Å². The van der Waals surface area contributed by atoms with Gasteiger partial charge in [0.25, 0.3) is 0 Å². The summed E-state index contributed by atoms with van der Waals surface area (Å²) in [5.41, 5.74) is 1.72. The Bertz CT molecular complexity index is 765. The summed E-state index contributed by atoms with van der Waals surface area (Å²) in [7, 11) is 0. The summed E-state index contributed by atoms with van der Waals surface area (Å²) < 4.78 is 2.12. The number of halogens is 1. The molecule has 0 N–H and O–H groups in total.